The molecule has 2 aromatic rings. The zero-order chi connectivity index (χ0) is 12.3. The lowest BCUT2D eigenvalue weighted by atomic mass is 10.1. The molecule has 86 valence electrons. The van der Waals surface area contributed by atoms with Crippen LogP contribution in [0, 0.1) is 12.7 Å². The second-order valence-electron chi connectivity index (χ2n) is 3.54. The van der Waals surface area contributed by atoms with Crippen molar-refractivity contribution in [3.63, 3.8) is 0 Å². The molecule has 1 amide bonds. The Morgan fingerprint density at radius 1 is 1.29 bits per heavy atom. The highest BCUT2D eigenvalue weighted by atomic mass is 19.1. The molecule has 0 bridgehead atoms. The highest BCUT2D eigenvalue weighted by molar-refractivity contribution is 6.05. The minimum atomic E-state index is -0.359. The molecular formula is C12H10FN3O. The van der Waals surface area contributed by atoms with Crippen molar-refractivity contribution in [3.8, 4) is 0 Å². The third-order valence-corrected chi connectivity index (χ3v) is 2.25. The zero-order valence-corrected chi connectivity index (χ0v) is 9.14. The van der Waals surface area contributed by atoms with E-state index in [0.29, 0.717) is 16.8 Å². The molecule has 17 heavy (non-hydrogen) atoms. The average molecular weight is 231 g/mol. The number of benzene rings is 1. The van der Waals surface area contributed by atoms with Crippen LogP contribution < -0.4 is 5.32 Å². The summed E-state index contributed by atoms with van der Waals surface area (Å²) in [5, 5.41) is 2.63. The van der Waals surface area contributed by atoms with E-state index in [9.17, 15) is 9.18 Å². The molecule has 0 atom stereocenters. The summed E-state index contributed by atoms with van der Waals surface area (Å²) in [6.45, 7) is 1.68. The first-order valence-electron chi connectivity index (χ1n) is 4.99. The van der Waals surface area contributed by atoms with E-state index in [1.807, 2.05) is 0 Å². The van der Waals surface area contributed by atoms with E-state index in [-0.39, 0.29) is 11.7 Å². The lowest BCUT2D eigenvalue weighted by Gasteiger charge is -2.06. The topological polar surface area (TPSA) is 54.9 Å². The molecule has 5 heteroatoms. The molecule has 0 unspecified atom stereocenters. The number of aryl methyl sites for hydroxylation is 1. The quantitative estimate of drug-likeness (QED) is 0.861. The molecule has 0 aliphatic carbocycles. The van der Waals surface area contributed by atoms with E-state index in [0.717, 1.165) is 0 Å². The fraction of sp³-hybridized carbons (Fsp3) is 0.0833. The van der Waals surface area contributed by atoms with Gasteiger partial charge in [0.05, 0.1) is 18.1 Å². The molecule has 1 aromatic carbocycles. The number of amides is 1. The maximum atomic E-state index is 12.9. The van der Waals surface area contributed by atoms with Gasteiger partial charge in [-0.05, 0) is 30.7 Å². The van der Waals surface area contributed by atoms with Gasteiger partial charge in [-0.15, -0.1) is 0 Å². The highest BCUT2D eigenvalue weighted by Gasteiger charge is 2.09. The van der Waals surface area contributed by atoms with Crippen LogP contribution in [-0.2, 0) is 0 Å². The standard InChI is InChI=1S/C12H10FN3O/c1-8-4-9(13)2-3-11(8)12(17)16-10-5-14-7-15-6-10/h2-7H,1H3,(H,16,17). The van der Waals surface area contributed by atoms with Crippen molar-refractivity contribution in [2.75, 3.05) is 5.32 Å². The van der Waals surface area contributed by atoms with Crippen LogP contribution >= 0.6 is 0 Å². The van der Waals surface area contributed by atoms with Gasteiger partial charge in [-0.2, -0.15) is 0 Å². The third kappa shape index (κ3) is 2.63. The Balaban J connectivity index is 2.21. The van der Waals surface area contributed by atoms with E-state index >= 15 is 0 Å². The first-order chi connectivity index (χ1) is 8.16. The van der Waals surface area contributed by atoms with Crippen molar-refractivity contribution in [1.82, 2.24) is 9.97 Å². The largest absolute Gasteiger partial charge is 0.319 e. The van der Waals surface area contributed by atoms with Crippen LogP contribution in [0.4, 0.5) is 10.1 Å². The minimum absolute atomic E-state index is 0.308. The molecule has 1 N–H and O–H groups in total. The maximum Gasteiger partial charge on any atom is 0.256 e. The summed E-state index contributed by atoms with van der Waals surface area (Å²) in [4.78, 5) is 19.4. The summed E-state index contributed by atoms with van der Waals surface area (Å²) < 4.78 is 12.9. The van der Waals surface area contributed by atoms with Gasteiger partial charge in [-0.25, -0.2) is 14.4 Å². The smallest absolute Gasteiger partial charge is 0.256 e. The molecule has 0 saturated carbocycles. The predicted octanol–water partition coefficient (Wildman–Crippen LogP) is 2.18. The molecule has 0 radical (unpaired) electrons. The Labute approximate surface area is 97.5 Å². The van der Waals surface area contributed by atoms with E-state index in [2.05, 4.69) is 15.3 Å². The summed E-state index contributed by atoms with van der Waals surface area (Å²) in [6, 6.07) is 4.02. The number of carbonyl (C=O) groups excluding carboxylic acids is 1. The van der Waals surface area contributed by atoms with Gasteiger partial charge in [0.15, 0.2) is 0 Å². The molecule has 1 heterocycles. The predicted molar refractivity (Wildman–Crippen MR) is 61.1 cm³/mol. The Morgan fingerprint density at radius 2 is 2.00 bits per heavy atom. The van der Waals surface area contributed by atoms with Crippen molar-refractivity contribution >= 4 is 11.6 Å². The number of anilines is 1. The van der Waals surface area contributed by atoms with Crippen molar-refractivity contribution in [1.29, 1.82) is 0 Å². The maximum absolute atomic E-state index is 12.9. The molecule has 0 spiro atoms. The van der Waals surface area contributed by atoms with Gasteiger partial charge in [0, 0.05) is 5.56 Å². The number of carbonyl (C=O) groups is 1. The summed E-state index contributed by atoms with van der Waals surface area (Å²) in [6.07, 6.45) is 4.35. The Hall–Kier alpha value is -2.30. The number of nitrogens with one attached hydrogen (secondary N) is 1. The van der Waals surface area contributed by atoms with Crippen LogP contribution in [0.1, 0.15) is 15.9 Å². The van der Waals surface area contributed by atoms with E-state index in [4.69, 9.17) is 0 Å². The van der Waals surface area contributed by atoms with Gasteiger partial charge >= 0.3 is 0 Å². The van der Waals surface area contributed by atoms with Gasteiger partial charge in [0.25, 0.3) is 5.91 Å². The molecule has 2 rings (SSSR count). The molecule has 0 aliphatic rings. The SMILES string of the molecule is Cc1cc(F)ccc1C(=O)Nc1cncnc1. The first kappa shape index (κ1) is 11.2. The number of halogens is 1. The second kappa shape index (κ2) is 4.69. The van der Waals surface area contributed by atoms with Crippen molar-refractivity contribution in [3.05, 3.63) is 53.9 Å². The lowest BCUT2D eigenvalue weighted by Crippen LogP contribution is -2.13. The van der Waals surface area contributed by atoms with Crippen molar-refractivity contribution < 1.29 is 9.18 Å². The Kier molecular flexibility index (Phi) is 3.09. The second-order valence-corrected chi connectivity index (χ2v) is 3.54. The highest BCUT2D eigenvalue weighted by Crippen LogP contribution is 2.12. The number of nitrogens with zero attached hydrogens (tertiary/aromatic N) is 2. The van der Waals surface area contributed by atoms with E-state index in [1.165, 1.54) is 36.9 Å². The van der Waals surface area contributed by atoms with Crippen molar-refractivity contribution in [2.24, 2.45) is 0 Å². The van der Waals surface area contributed by atoms with E-state index < -0.39 is 0 Å². The molecule has 0 saturated heterocycles. The van der Waals surface area contributed by atoms with Crippen LogP contribution in [0.5, 0.6) is 0 Å². The lowest BCUT2D eigenvalue weighted by molar-refractivity contribution is 0.102. The number of hydrogen-bond donors (Lipinski definition) is 1. The Morgan fingerprint density at radius 3 is 2.65 bits per heavy atom. The fourth-order valence-electron chi connectivity index (χ4n) is 1.44. The fourth-order valence-corrected chi connectivity index (χ4v) is 1.44. The minimum Gasteiger partial charge on any atom is -0.319 e. The molecule has 4 nitrogen and oxygen atoms in total. The van der Waals surface area contributed by atoms with Crippen LogP contribution in [0.3, 0.4) is 0 Å². The first-order valence-corrected chi connectivity index (χ1v) is 4.99. The van der Waals surface area contributed by atoms with Gasteiger partial charge in [0.1, 0.15) is 12.1 Å². The molecular weight excluding hydrogens is 221 g/mol. The monoisotopic (exact) mass is 231 g/mol. The number of aromatic nitrogens is 2. The number of hydrogen-bond acceptors (Lipinski definition) is 3. The van der Waals surface area contributed by atoms with Gasteiger partial charge in [0.2, 0.25) is 0 Å². The summed E-state index contributed by atoms with van der Waals surface area (Å²) in [5.41, 5.74) is 1.51. The zero-order valence-electron chi connectivity index (χ0n) is 9.14. The average Bonchev–Trinajstić information content (AvgIpc) is 2.30. The normalized spacial score (nSPS) is 10.0. The van der Waals surface area contributed by atoms with Crippen LogP contribution in [-0.4, -0.2) is 15.9 Å². The Bertz CT molecular complexity index is 543. The summed E-state index contributed by atoms with van der Waals surface area (Å²) >= 11 is 0. The van der Waals surface area contributed by atoms with Crippen molar-refractivity contribution in [2.45, 2.75) is 6.92 Å². The molecule has 1 aromatic heterocycles. The van der Waals surface area contributed by atoms with Crippen LogP contribution in [0.2, 0.25) is 0 Å². The van der Waals surface area contributed by atoms with Gasteiger partial charge in [-0.3, -0.25) is 4.79 Å². The van der Waals surface area contributed by atoms with E-state index in [1.54, 1.807) is 6.92 Å². The number of rotatable bonds is 2. The van der Waals surface area contributed by atoms with Crippen LogP contribution in [0.15, 0.2) is 36.9 Å². The molecule has 0 aliphatic heterocycles. The summed E-state index contributed by atoms with van der Waals surface area (Å²) in [7, 11) is 0. The van der Waals surface area contributed by atoms with Gasteiger partial charge in [-0.1, -0.05) is 0 Å². The third-order valence-electron chi connectivity index (χ3n) is 2.25. The van der Waals surface area contributed by atoms with Crippen LogP contribution in [0.25, 0.3) is 0 Å². The summed E-state index contributed by atoms with van der Waals surface area (Å²) in [5.74, 6) is -0.667. The molecule has 0 fully saturated rings. The van der Waals surface area contributed by atoms with Gasteiger partial charge < -0.3 is 5.32 Å².